The largest absolute Gasteiger partial charge is 0.357 e. The minimum Gasteiger partial charge on any atom is -0.357 e. The Morgan fingerprint density at radius 3 is 2.86 bits per heavy atom. The Balaban J connectivity index is 2.12. The number of para-hydroxylation sites is 1. The van der Waals surface area contributed by atoms with Gasteiger partial charge in [0, 0.05) is 26.0 Å². The number of amides is 1. The molecule has 1 aromatic heterocycles. The Bertz CT molecular complexity index is 672. The van der Waals surface area contributed by atoms with Crippen molar-refractivity contribution < 1.29 is 4.79 Å². The number of nitrogens with one attached hydrogen (secondary N) is 2. The zero-order valence-corrected chi connectivity index (χ0v) is 12.3. The van der Waals surface area contributed by atoms with Crippen molar-refractivity contribution >= 4 is 28.6 Å². The Labute approximate surface area is 123 Å². The fourth-order valence-corrected chi connectivity index (χ4v) is 2.85. The Hall–Kier alpha value is -2.37. The minimum atomic E-state index is -0.155. The van der Waals surface area contributed by atoms with Crippen LogP contribution in [0.2, 0.25) is 0 Å². The smallest absolute Gasteiger partial charge is 0.242 e. The van der Waals surface area contributed by atoms with Gasteiger partial charge in [0.1, 0.15) is 11.9 Å². The highest BCUT2D eigenvalue weighted by atomic mass is 16.2. The topological polar surface area (TPSA) is 70.2 Å². The van der Waals surface area contributed by atoms with Gasteiger partial charge in [0.2, 0.25) is 11.9 Å². The summed E-state index contributed by atoms with van der Waals surface area (Å²) >= 11 is 0. The van der Waals surface area contributed by atoms with E-state index >= 15 is 0 Å². The number of hydrogen-bond donors (Lipinski definition) is 2. The van der Waals surface area contributed by atoms with Crippen LogP contribution in [0.15, 0.2) is 24.3 Å². The third-order valence-electron chi connectivity index (χ3n) is 3.88. The first-order chi connectivity index (χ1) is 10.2. The zero-order valence-electron chi connectivity index (χ0n) is 12.3. The number of carbonyl (C=O) groups excluding carboxylic acids is 1. The molecule has 1 saturated heterocycles. The second kappa shape index (κ2) is 5.55. The third-order valence-corrected chi connectivity index (χ3v) is 3.88. The van der Waals surface area contributed by atoms with Crippen molar-refractivity contribution in [3.8, 4) is 0 Å². The maximum Gasteiger partial charge on any atom is 0.242 e. The molecule has 0 spiro atoms. The third kappa shape index (κ3) is 2.37. The van der Waals surface area contributed by atoms with E-state index in [0.29, 0.717) is 5.95 Å². The summed E-state index contributed by atoms with van der Waals surface area (Å²) in [6.07, 6.45) is 1.85. The van der Waals surface area contributed by atoms with Crippen LogP contribution in [0, 0.1) is 0 Å². The minimum absolute atomic E-state index is 0.0428. The van der Waals surface area contributed by atoms with E-state index in [0.717, 1.165) is 36.1 Å². The Morgan fingerprint density at radius 1 is 1.29 bits per heavy atom. The number of hydrogen-bond acceptors (Lipinski definition) is 5. The quantitative estimate of drug-likeness (QED) is 0.891. The lowest BCUT2D eigenvalue weighted by molar-refractivity contribution is -0.121. The Morgan fingerprint density at radius 2 is 2.10 bits per heavy atom. The maximum atomic E-state index is 12.1. The van der Waals surface area contributed by atoms with Crippen molar-refractivity contribution in [1.29, 1.82) is 0 Å². The van der Waals surface area contributed by atoms with E-state index in [9.17, 15) is 4.79 Å². The van der Waals surface area contributed by atoms with Gasteiger partial charge in [-0.25, -0.2) is 4.98 Å². The summed E-state index contributed by atoms with van der Waals surface area (Å²) in [5, 5.41) is 6.71. The first-order valence-corrected chi connectivity index (χ1v) is 7.17. The van der Waals surface area contributed by atoms with Crippen LogP contribution in [0.4, 0.5) is 11.8 Å². The first kappa shape index (κ1) is 13.6. The predicted molar refractivity (Wildman–Crippen MR) is 83.5 cm³/mol. The SMILES string of the molecule is CNC(=O)C1CCCN1c1nc(NC)nc2ccccc12. The summed E-state index contributed by atoms with van der Waals surface area (Å²) in [6.45, 7) is 0.836. The molecule has 0 aliphatic carbocycles. The average molecular weight is 285 g/mol. The second-order valence-corrected chi connectivity index (χ2v) is 5.10. The molecule has 3 rings (SSSR count). The molecule has 6 nitrogen and oxygen atoms in total. The van der Waals surface area contributed by atoms with E-state index in [4.69, 9.17) is 0 Å². The van der Waals surface area contributed by atoms with Gasteiger partial charge in [0.15, 0.2) is 0 Å². The van der Waals surface area contributed by atoms with Gasteiger partial charge in [-0.05, 0) is 25.0 Å². The van der Waals surface area contributed by atoms with Crippen LogP contribution in [0.25, 0.3) is 10.9 Å². The number of benzene rings is 1. The maximum absolute atomic E-state index is 12.1. The highest BCUT2D eigenvalue weighted by Gasteiger charge is 2.32. The number of nitrogens with zero attached hydrogens (tertiary/aromatic N) is 3. The van der Waals surface area contributed by atoms with Gasteiger partial charge in [-0.2, -0.15) is 4.98 Å². The summed E-state index contributed by atoms with van der Waals surface area (Å²) in [5.41, 5.74) is 0.884. The normalized spacial score (nSPS) is 18.0. The summed E-state index contributed by atoms with van der Waals surface area (Å²) in [7, 11) is 3.48. The molecule has 1 amide bonds. The molecule has 2 N–H and O–H groups in total. The average Bonchev–Trinajstić information content (AvgIpc) is 3.02. The zero-order chi connectivity index (χ0) is 14.8. The van der Waals surface area contributed by atoms with Crippen LogP contribution >= 0.6 is 0 Å². The molecule has 1 atom stereocenters. The van der Waals surface area contributed by atoms with Crippen LogP contribution in [-0.2, 0) is 4.79 Å². The molecule has 1 aliphatic rings. The second-order valence-electron chi connectivity index (χ2n) is 5.10. The number of aromatic nitrogens is 2. The summed E-state index contributed by atoms with van der Waals surface area (Å²) in [4.78, 5) is 23.2. The fraction of sp³-hybridized carbons (Fsp3) is 0.400. The molecule has 6 heteroatoms. The number of anilines is 2. The molecule has 2 heterocycles. The van der Waals surface area contributed by atoms with Gasteiger partial charge in [0.25, 0.3) is 0 Å². The van der Waals surface area contributed by atoms with Crippen LogP contribution < -0.4 is 15.5 Å². The van der Waals surface area contributed by atoms with Gasteiger partial charge < -0.3 is 15.5 Å². The van der Waals surface area contributed by atoms with E-state index in [-0.39, 0.29) is 11.9 Å². The van der Waals surface area contributed by atoms with Crippen molar-refractivity contribution in [2.75, 3.05) is 30.9 Å². The fourth-order valence-electron chi connectivity index (χ4n) is 2.85. The molecule has 1 fully saturated rings. The predicted octanol–water partition coefficient (Wildman–Crippen LogP) is 1.39. The molecule has 1 aromatic carbocycles. The highest BCUT2D eigenvalue weighted by molar-refractivity contribution is 5.94. The molecule has 2 aromatic rings. The standard InChI is InChI=1S/C15H19N5O/c1-16-14(21)12-8-5-9-20(12)13-10-6-3-4-7-11(10)18-15(17-2)19-13/h3-4,6-7,12H,5,8-9H2,1-2H3,(H,16,21)(H,17,18,19). The monoisotopic (exact) mass is 285 g/mol. The number of rotatable bonds is 3. The summed E-state index contributed by atoms with van der Waals surface area (Å²) < 4.78 is 0. The van der Waals surface area contributed by atoms with Crippen LogP contribution in [0.1, 0.15) is 12.8 Å². The first-order valence-electron chi connectivity index (χ1n) is 7.17. The number of fused-ring (bicyclic) bond motifs is 1. The van der Waals surface area contributed by atoms with E-state index in [1.165, 1.54) is 0 Å². The molecular formula is C15H19N5O. The number of likely N-dealkylation sites (N-methyl/N-ethyl adjacent to an activating group) is 1. The van der Waals surface area contributed by atoms with Crippen molar-refractivity contribution in [2.24, 2.45) is 0 Å². The van der Waals surface area contributed by atoms with Crippen molar-refractivity contribution in [3.05, 3.63) is 24.3 Å². The van der Waals surface area contributed by atoms with Crippen molar-refractivity contribution in [3.63, 3.8) is 0 Å². The molecule has 1 aliphatic heterocycles. The molecule has 0 radical (unpaired) electrons. The lowest BCUT2D eigenvalue weighted by Gasteiger charge is -2.25. The van der Waals surface area contributed by atoms with Crippen molar-refractivity contribution in [2.45, 2.75) is 18.9 Å². The van der Waals surface area contributed by atoms with Gasteiger partial charge in [-0.3, -0.25) is 4.79 Å². The van der Waals surface area contributed by atoms with Crippen LogP contribution in [0.5, 0.6) is 0 Å². The van der Waals surface area contributed by atoms with Gasteiger partial charge >= 0.3 is 0 Å². The van der Waals surface area contributed by atoms with Crippen LogP contribution in [0.3, 0.4) is 0 Å². The molecule has 21 heavy (non-hydrogen) atoms. The highest BCUT2D eigenvalue weighted by Crippen LogP contribution is 2.31. The molecule has 110 valence electrons. The van der Waals surface area contributed by atoms with E-state index in [2.05, 4.69) is 25.5 Å². The summed E-state index contributed by atoms with van der Waals surface area (Å²) in [6, 6.07) is 7.74. The summed E-state index contributed by atoms with van der Waals surface area (Å²) in [5.74, 6) is 1.45. The van der Waals surface area contributed by atoms with Gasteiger partial charge in [-0.15, -0.1) is 0 Å². The molecule has 0 saturated carbocycles. The van der Waals surface area contributed by atoms with E-state index < -0.39 is 0 Å². The lowest BCUT2D eigenvalue weighted by atomic mass is 10.2. The molecule has 1 unspecified atom stereocenters. The van der Waals surface area contributed by atoms with Crippen molar-refractivity contribution in [1.82, 2.24) is 15.3 Å². The van der Waals surface area contributed by atoms with E-state index in [1.54, 1.807) is 14.1 Å². The molecular weight excluding hydrogens is 266 g/mol. The molecule has 0 bridgehead atoms. The van der Waals surface area contributed by atoms with E-state index in [1.807, 2.05) is 24.3 Å². The Kier molecular flexibility index (Phi) is 3.60. The number of carbonyl (C=O) groups is 1. The van der Waals surface area contributed by atoms with Gasteiger partial charge in [0.05, 0.1) is 5.52 Å². The van der Waals surface area contributed by atoms with Crippen LogP contribution in [-0.4, -0.2) is 42.6 Å². The lowest BCUT2D eigenvalue weighted by Crippen LogP contribution is -2.42. The van der Waals surface area contributed by atoms with Gasteiger partial charge in [-0.1, -0.05) is 12.1 Å².